The Kier molecular flexibility index (Phi) is 1.81. The number of nitrogens with two attached hydrogens (primary N) is 1. The number of rotatable bonds is 0. The summed E-state index contributed by atoms with van der Waals surface area (Å²) in [6, 6.07) is 0. The lowest BCUT2D eigenvalue weighted by Gasteiger charge is -1.98. The van der Waals surface area contributed by atoms with Crippen LogP contribution in [0.4, 0.5) is 5.82 Å². The van der Waals surface area contributed by atoms with Crippen molar-refractivity contribution >= 4 is 37.6 Å². The Morgan fingerprint density at radius 3 is 2.81 bits per heavy atom. The second kappa shape index (κ2) is 3.08. The Morgan fingerprint density at radius 1 is 1.19 bits per heavy atom. The van der Waals surface area contributed by atoms with Crippen LogP contribution < -0.4 is 5.73 Å². The van der Waals surface area contributed by atoms with Crippen LogP contribution in [0.3, 0.4) is 0 Å². The van der Waals surface area contributed by atoms with Crippen molar-refractivity contribution in [3.63, 3.8) is 0 Å². The number of fused-ring (bicyclic) bond motifs is 3. The zero-order valence-electron chi connectivity index (χ0n) is 8.85. The van der Waals surface area contributed by atoms with Crippen LogP contribution in [0.25, 0.3) is 20.4 Å². The Balaban J connectivity index is 2.63. The Hall–Kier alpha value is -1.82. The van der Waals surface area contributed by atoms with Gasteiger partial charge in [-0.15, -0.1) is 16.4 Å². The van der Waals surface area contributed by atoms with Gasteiger partial charge in [0.25, 0.3) is 0 Å². The van der Waals surface area contributed by atoms with Gasteiger partial charge in [0.15, 0.2) is 0 Å². The minimum atomic E-state index is 0.505. The molecular weight excluding hydrogens is 222 g/mol. The topological polar surface area (TPSA) is 77.6 Å². The summed E-state index contributed by atoms with van der Waals surface area (Å²) < 4.78 is 0.889. The minimum absolute atomic E-state index is 0.505. The van der Waals surface area contributed by atoms with Crippen molar-refractivity contribution in [1.82, 2.24) is 20.2 Å². The number of nitrogens with zero attached hydrogens (tertiary/aromatic N) is 4. The summed E-state index contributed by atoms with van der Waals surface area (Å²) >= 11 is 1.49. The van der Waals surface area contributed by atoms with Gasteiger partial charge in [-0.2, -0.15) is 5.10 Å². The van der Waals surface area contributed by atoms with E-state index < -0.39 is 0 Å². The third-order valence-electron chi connectivity index (χ3n) is 2.69. The van der Waals surface area contributed by atoms with Crippen LogP contribution in [0.5, 0.6) is 0 Å². The average molecular weight is 231 g/mol. The van der Waals surface area contributed by atoms with Crippen molar-refractivity contribution in [3.8, 4) is 0 Å². The van der Waals surface area contributed by atoms with Gasteiger partial charge < -0.3 is 5.73 Å². The van der Waals surface area contributed by atoms with E-state index in [1.54, 1.807) is 0 Å². The second-order valence-corrected chi connectivity index (χ2v) is 4.63. The van der Waals surface area contributed by atoms with Crippen LogP contribution in [-0.4, -0.2) is 20.2 Å². The number of hydrogen-bond acceptors (Lipinski definition) is 6. The minimum Gasteiger partial charge on any atom is -0.382 e. The summed E-state index contributed by atoms with van der Waals surface area (Å²) in [5.41, 5.74) is 8.72. The molecule has 3 rings (SSSR count). The number of aromatic nitrogens is 4. The quantitative estimate of drug-likeness (QED) is 0.638. The molecule has 0 aromatic carbocycles. The van der Waals surface area contributed by atoms with Crippen LogP contribution in [-0.2, 0) is 0 Å². The summed E-state index contributed by atoms with van der Waals surface area (Å²) in [6.45, 7) is 3.96. The van der Waals surface area contributed by atoms with Crippen LogP contribution >= 0.6 is 11.3 Å². The molecule has 0 bridgehead atoms. The van der Waals surface area contributed by atoms with Gasteiger partial charge in [0, 0.05) is 5.39 Å². The molecule has 0 saturated heterocycles. The first kappa shape index (κ1) is 9.41. The molecule has 0 fully saturated rings. The van der Waals surface area contributed by atoms with Crippen LogP contribution in [0.15, 0.2) is 6.33 Å². The SMILES string of the molecule is Cc1nnc2sc3c(N)ncnc3c2c1C. The van der Waals surface area contributed by atoms with Gasteiger partial charge in [0.05, 0.1) is 15.9 Å². The molecule has 0 amide bonds. The molecule has 0 unspecified atom stereocenters. The number of thiophene rings is 1. The van der Waals surface area contributed by atoms with Crippen molar-refractivity contribution in [3.05, 3.63) is 17.6 Å². The van der Waals surface area contributed by atoms with E-state index in [9.17, 15) is 0 Å². The summed E-state index contributed by atoms with van der Waals surface area (Å²) in [4.78, 5) is 9.13. The highest BCUT2D eigenvalue weighted by Crippen LogP contribution is 2.35. The second-order valence-electron chi connectivity index (χ2n) is 3.63. The predicted molar refractivity (Wildman–Crippen MR) is 64.4 cm³/mol. The van der Waals surface area contributed by atoms with Crippen molar-refractivity contribution in [2.24, 2.45) is 0 Å². The van der Waals surface area contributed by atoms with Gasteiger partial charge in [-0.3, -0.25) is 0 Å². The third-order valence-corrected chi connectivity index (χ3v) is 3.78. The largest absolute Gasteiger partial charge is 0.382 e. The van der Waals surface area contributed by atoms with Gasteiger partial charge >= 0.3 is 0 Å². The van der Waals surface area contributed by atoms with E-state index in [1.807, 2.05) is 13.8 Å². The standard InChI is InChI=1S/C10H9N5S/c1-4-5(2)14-15-10-6(4)7-8(16-10)9(11)13-3-12-7/h3H,1-2H3,(H2,11,12,13). The van der Waals surface area contributed by atoms with Gasteiger partial charge in [0.2, 0.25) is 0 Å². The maximum atomic E-state index is 5.82. The highest BCUT2D eigenvalue weighted by Gasteiger charge is 2.14. The molecular formula is C10H9N5S. The summed E-state index contributed by atoms with van der Waals surface area (Å²) in [7, 11) is 0. The number of nitrogen functional groups attached to an aromatic ring is 1. The van der Waals surface area contributed by atoms with E-state index in [-0.39, 0.29) is 0 Å². The van der Waals surface area contributed by atoms with E-state index in [1.165, 1.54) is 17.7 Å². The molecule has 0 aliphatic rings. The van der Waals surface area contributed by atoms with Gasteiger partial charge in [-0.05, 0) is 19.4 Å². The van der Waals surface area contributed by atoms with Crippen molar-refractivity contribution in [1.29, 1.82) is 0 Å². The van der Waals surface area contributed by atoms with Crippen LogP contribution in [0, 0.1) is 13.8 Å². The van der Waals surface area contributed by atoms with E-state index >= 15 is 0 Å². The maximum Gasteiger partial charge on any atom is 0.149 e. The van der Waals surface area contributed by atoms with E-state index in [0.717, 1.165) is 31.7 Å². The summed E-state index contributed by atoms with van der Waals surface area (Å²) in [5.74, 6) is 0.505. The third kappa shape index (κ3) is 1.10. The van der Waals surface area contributed by atoms with Gasteiger partial charge in [0.1, 0.15) is 17.0 Å². The molecule has 2 N–H and O–H groups in total. The molecule has 5 nitrogen and oxygen atoms in total. The first-order chi connectivity index (χ1) is 7.68. The van der Waals surface area contributed by atoms with E-state index in [0.29, 0.717) is 5.82 Å². The first-order valence-corrected chi connectivity index (χ1v) is 5.62. The highest BCUT2D eigenvalue weighted by molar-refractivity contribution is 7.25. The number of hydrogen-bond donors (Lipinski definition) is 1. The molecule has 80 valence electrons. The molecule has 3 heterocycles. The first-order valence-electron chi connectivity index (χ1n) is 4.81. The zero-order valence-corrected chi connectivity index (χ0v) is 9.67. The van der Waals surface area contributed by atoms with Crippen molar-refractivity contribution in [2.75, 3.05) is 5.73 Å². The van der Waals surface area contributed by atoms with Gasteiger partial charge in [-0.25, -0.2) is 9.97 Å². The van der Waals surface area contributed by atoms with E-state index in [2.05, 4.69) is 20.2 Å². The van der Waals surface area contributed by atoms with Crippen LogP contribution in [0.2, 0.25) is 0 Å². The number of anilines is 1. The van der Waals surface area contributed by atoms with Crippen LogP contribution in [0.1, 0.15) is 11.3 Å². The molecule has 0 aliphatic heterocycles. The molecule has 0 spiro atoms. The zero-order chi connectivity index (χ0) is 11.3. The summed E-state index contributed by atoms with van der Waals surface area (Å²) in [6.07, 6.45) is 1.49. The molecule has 3 aromatic rings. The monoisotopic (exact) mass is 231 g/mol. The lowest BCUT2D eigenvalue weighted by molar-refractivity contribution is 1.01. The van der Waals surface area contributed by atoms with Crippen molar-refractivity contribution in [2.45, 2.75) is 13.8 Å². The molecule has 0 saturated carbocycles. The highest BCUT2D eigenvalue weighted by atomic mass is 32.1. The molecule has 0 atom stereocenters. The average Bonchev–Trinajstić information content (AvgIpc) is 2.64. The normalized spacial score (nSPS) is 11.4. The fourth-order valence-electron chi connectivity index (χ4n) is 1.70. The summed E-state index contributed by atoms with van der Waals surface area (Å²) in [5, 5.41) is 9.31. The molecule has 0 aliphatic carbocycles. The predicted octanol–water partition coefficient (Wildman–Crippen LogP) is 1.83. The molecule has 6 heteroatoms. The van der Waals surface area contributed by atoms with Gasteiger partial charge in [-0.1, -0.05) is 0 Å². The molecule has 3 aromatic heterocycles. The number of aryl methyl sites for hydroxylation is 2. The Labute approximate surface area is 95.4 Å². The lowest BCUT2D eigenvalue weighted by Crippen LogP contribution is -1.92. The molecule has 0 radical (unpaired) electrons. The fourth-order valence-corrected chi connectivity index (χ4v) is 2.74. The fraction of sp³-hybridized carbons (Fsp3) is 0.200. The maximum absolute atomic E-state index is 5.82. The Morgan fingerprint density at radius 2 is 2.00 bits per heavy atom. The van der Waals surface area contributed by atoms with Crippen molar-refractivity contribution < 1.29 is 0 Å². The molecule has 16 heavy (non-hydrogen) atoms. The lowest BCUT2D eigenvalue weighted by atomic mass is 10.1. The van der Waals surface area contributed by atoms with E-state index in [4.69, 9.17) is 5.73 Å². The smallest absolute Gasteiger partial charge is 0.149 e. The Bertz CT molecular complexity index is 703.